The van der Waals surface area contributed by atoms with Crippen molar-refractivity contribution >= 4 is 16.5 Å². The molecule has 1 saturated heterocycles. The van der Waals surface area contributed by atoms with E-state index >= 15 is 0 Å². The molecule has 1 aliphatic heterocycles. The Morgan fingerprint density at radius 1 is 1.17 bits per heavy atom. The summed E-state index contributed by atoms with van der Waals surface area (Å²) in [6.45, 7) is 2.42. The summed E-state index contributed by atoms with van der Waals surface area (Å²) in [4.78, 5) is 6.81. The fourth-order valence-corrected chi connectivity index (χ4v) is 4.12. The van der Waals surface area contributed by atoms with Crippen molar-refractivity contribution in [2.24, 2.45) is 5.41 Å². The van der Waals surface area contributed by atoms with E-state index in [4.69, 9.17) is 0 Å². The Balaban J connectivity index is 1.38. The molecule has 1 aliphatic carbocycles. The fraction of sp³-hybridized carbons (Fsp3) is 0.400. The van der Waals surface area contributed by atoms with Crippen molar-refractivity contribution in [2.75, 3.05) is 18.0 Å². The lowest BCUT2D eigenvalue weighted by Gasteiger charge is -2.59. The third-order valence-electron chi connectivity index (χ3n) is 4.37. The molecule has 2 nitrogen and oxygen atoms in total. The highest BCUT2D eigenvalue weighted by Crippen LogP contribution is 2.56. The Labute approximate surface area is 111 Å². The summed E-state index contributed by atoms with van der Waals surface area (Å²) >= 11 is 1.75. The number of hydrogen-bond acceptors (Lipinski definition) is 3. The normalized spacial score (nSPS) is 21.7. The Hall–Kier alpha value is -1.35. The Morgan fingerprint density at radius 3 is 2.61 bits per heavy atom. The second-order valence-corrected chi connectivity index (χ2v) is 6.56. The summed E-state index contributed by atoms with van der Waals surface area (Å²) < 4.78 is 0. The molecule has 18 heavy (non-hydrogen) atoms. The summed E-state index contributed by atoms with van der Waals surface area (Å²) in [5.41, 5.74) is 2.13. The van der Waals surface area contributed by atoms with Crippen molar-refractivity contribution in [1.29, 1.82) is 0 Å². The van der Waals surface area contributed by atoms with Gasteiger partial charge in [0.1, 0.15) is 0 Å². The van der Waals surface area contributed by atoms with Crippen molar-refractivity contribution in [3.05, 3.63) is 47.5 Å². The molecule has 1 aromatic heterocycles. The van der Waals surface area contributed by atoms with Gasteiger partial charge in [-0.1, -0.05) is 30.3 Å². The smallest absolute Gasteiger partial charge is 0.185 e. The Morgan fingerprint density at radius 2 is 1.94 bits per heavy atom. The van der Waals surface area contributed by atoms with Crippen LogP contribution in [-0.2, 0) is 0 Å². The second-order valence-electron chi connectivity index (χ2n) is 5.69. The second kappa shape index (κ2) is 3.82. The topological polar surface area (TPSA) is 16.1 Å². The van der Waals surface area contributed by atoms with Crippen LogP contribution in [0.1, 0.15) is 24.3 Å². The van der Waals surface area contributed by atoms with Gasteiger partial charge in [0.15, 0.2) is 5.13 Å². The van der Waals surface area contributed by atoms with Gasteiger partial charge in [0.25, 0.3) is 0 Å². The highest BCUT2D eigenvalue weighted by atomic mass is 32.1. The molecule has 1 aromatic carbocycles. The van der Waals surface area contributed by atoms with Crippen molar-refractivity contribution in [2.45, 2.75) is 18.8 Å². The van der Waals surface area contributed by atoms with E-state index in [1.54, 1.807) is 11.3 Å². The van der Waals surface area contributed by atoms with Crippen molar-refractivity contribution < 1.29 is 0 Å². The molecule has 0 radical (unpaired) electrons. The number of hydrogen-bond donors (Lipinski definition) is 0. The van der Waals surface area contributed by atoms with Crippen LogP contribution in [0, 0.1) is 5.41 Å². The zero-order valence-electron chi connectivity index (χ0n) is 10.2. The lowest BCUT2D eigenvalue weighted by molar-refractivity contribution is 0.0633. The molecule has 1 saturated carbocycles. The van der Waals surface area contributed by atoms with Gasteiger partial charge >= 0.3 is 0 Å². The van der Waals surface area contributed by atoms with Gasteiger partial charge in [-0.3, -0.25) is 0 Å². The molecule has 2 aromatic rings. The Kier molecular flexibility index (Phi) is 2.24. The fourth-order valence-electron chi connectivity index (χ4n) is 3.48. The molecular weight excluding hydrogens is 240 g/mol. The number of thiazole rings is 1. The van der Waals surface area contributed by atoms with Gasteiger partial charge in [0.05, 0.1) is 0 Å². The molecule has 92 valence electrons. The molecular formula is C15H16N2S. The van der Waals surface area contributed by atoms with Gasteiger partial charge in [-0.15, -0.1) is 11.3 Å². The van der Waals surface area contributed by atoms with E-state index in [-0.39, 0.29) is 0 Å². The van der Waals surface area contributed by atoms with Gasteiger partial charge in [-0.2, -0.15) is 0 Å². The van der Waals surface area contributed by atoms with Crippen LogP contribution in [0.4, 0.5) is 5.13 Å². The molecule has 2 fully saturated rings. The van der Waals surface area contributed by atoms with E-state index in [0.29, 0.717) is 5.41 Å². The number of benzene rings is 1. The zero-order chi connectivity index (χ0) is 12.0. The van der Waals surface area contributed by atoms with Crippen LogP contribution < -0.4 is 4.90 Å². The maximum atomic E-state index is 4.38. The molecule has 4 rings (SSSR count). The van der Waals surface area contributed by atoms with Crippen molar-refractivity contribution in [3.63, 3.8) is 0 Å². The summed E-state index contributed by atoms with van der Waals surface area (Å²) in [5.74, 6) is 0.796. The third-order valence-corrected chi connectivity index (χ3v) is 5.20. The van der Waals surface area contributed by atoms with Crippen LogP contribution in [0.25, 0.3) is 0 Å². The van der Waals surface area contributed by atoms with E-state index in [1.165, 1.54) is 36.6 Å². The first-order chi connectivity index (χ1) is 8.85. The van der Waals surface area contributed by atoms with Gasteiger partial charge in [0, 0.05) is 30.1 Å². The molecule has 0 N–H and O–H groups in total. The van der Waals surface area contributed by atoms with Gasteiger partial charge in [-0.05, 0) is 24.3 Å². The summed E-state index contributed by atoms with van der Waals surface area (Å²) in [6, 6.07) is 11.0. The largest absolute Gasteiger partial charge is 0.347 e. The molecule has 0 bridgehead atoms. The van der Waals surface area contributed by atoms with Gasteiger partial charge < -0.3 is 4.90 Å². The lowest BCUT2D eigenvalue weighted by Crippen LogP contribution is -2.61. The summed E-state index contributed by atoms with van der Waals surface area (Å²) in [7, 11) is 0. The van der Waals surface area contributed by atoms with E-state index < -0.39 is 0 Å². The highest BCUT2D eigenvalue weighted by Gasteiger charge is 2.52. The van der Waals surface area contributed by atoms with E-state index in [1.807, 2.05) is 6.20 Å². The quantitative estimate of drug-likeness (QED) is 0.817. The number of rotatable bonds is 2. The molecule has 2 heterocycles. The maximum absolute atomic E-state index is 4.38. The predicted octanol–water partition coefficient (Wildman–Crippen LogP) is 3.53. The summed E-state index contributed by atoms with van der Waals surface area (Å²) in [6.07, 6.45) is 4.62. The first-order valence-electron chi connectivity index (χ1n) is 6.54. The van der Waals surface area contributed by atoms with Crippen LogP contribution in [-0.4, -0.2) is 18.1 Å². The summed E-state index contributed by atoms with van der Waals surface area (Å²) in [5, 5.41) is 3.26. The molecule has 0 atom stereocenters. The minimum absolute atomic E-state index is 0.603. The maximum Gasteiger partial charge on any atom is 0.185 e. The molecule has 1 spiro atoms. The number of nitrogens with zero attached hydrogens (tertiary/aromatic N) is 2. The van der Waals surface area contributed by atoms with Gasteiger partial charge in [-0.25, -0.2) is 4.98 Å². The standard InChI is InChI=1S/C15H16N2S/c1-2-4-12(5-3-1)13-8-15(9-13)10-17(11-15)14-16-6-7-18-14/h1-7,13H,8-11H2. The number of aromatic nitrogens is 1. The minimum atomic E-state index is 0.603. The molecule has 0 amide bonds. The predicted molar refractivity (Wildman–Crippen MR) is 75.2 cm³/mol. The van der Waals surface area contributed by atoms with Crippen LogP contribution in [0.3, 0.4) is 0 Å². The average molecular weight is 256 g/mol. The molecule has 2 aliphatic rings. The first kappa shape index (κ1) is 10.6. The third kappa shape index (κ3) is 1.57. The lowest BCUT2D eigenvalue weighted by atomic mass is 9.56. The minimum Gasteiger partial charge on any atom is -0.347 e. The van der Waals surface area contributed by atoms with E-state index in [9.17, 15) is 0 Å². The Bertz CT molecular complexity index is 521. The van der Waals surface area contributed by atoms with Crippen LogP contribution >= 0.6 is 11.3 Å². The first-order valence-corrected chi connectivity index (χ1v) is 7.42. The van der Waals surface area contributed by atoms with Crippen LogP contribution in [0.15, 0.2) is 41.9 Å². The highest BCUT2D eigenvalue weighted by molar-refractivity contribution is 7.13. The van der Waals surface area contributed by atoms with E-state index in [0.717, 1.165) is 5.92 Å². The van der Waals surface area contributed by atoms with E-state index in [2.05, 4.69) is 45.6 Å². The number of anilines is 1. The van der Waals surface area contributed by atoms with Gasteiger partial charge in [0.2, 0.25) is 0 Å². The molecule has 0 unspecified atom stereocenters. The SMILES string of the molecule is c1ccc(C2CC3(C2)CN(c2nccs2)C3)cc1. The average Bonchev–Trinajstić information content (AvgIpc) is 2.80. The van der Waals surface area contributed by atoms with Crippen molar-refractivity contribution in [3.8, 4) is 0 Å². The zero-order valence-corrected chi connectivity index (χ0v) is 11.1. The van der Waals surface area contributed by atoms with Crippen LogP contribution in [0.2, 0.25) is 0 Å². The monoisotopic (exact) mass is 256 g/mol. The van der Waals surface area contributed by atoms with Crippen LogP contribution in [0.5, 0.6) is 0 Å². The molecule has 3 heteroatoms. The van der Waals surface area contributed by atoms with Crippen molar-refractivity contribution in [1.82, 2.24) is 4.98 Å².